The second-order valence-corrected chi connectivity index (χ2v) is 9.04. The summed E-state index contributed by atoms with van der Waals surface area (Å²) in [6.45, 7) is 4.18. The Kier molecular flexibility index (Phi) is 6.96. The summed E-state index contributed by atoms with van der Waals surface area (Å²) in [6, 6.07) is 15.0. The number of alkyl halides is 3. The van der Waals surface area contributed by atoms with Gasteiger partial charge in [-0.2, -0.15) is 13.2 Å². The van der Waals surface area contributed by atoms with Crippen LogP contribution < -0.4 is 0 Å². The SMILES string of the molecule is Cc1c(-c2ccc(Cl)cc2)c(C(=O)N(C)C(C)(C)CO)n(Cc2ccccc2)c1C(F)(F)F. The Bertz CT molecular complexity index is 1140. The van der Waals surface area contributed by atoms with Gasteiger partial charge in [0.2, 0.25) is 0 Å². The van der Waals surface area contributed by atoms with E-state index in [1.54, 1.807) is 68.4 Å². The average molecular weight is 479 g/mol. The van der Waals surface area contributed by atoms with Crippen LogP contribution in [0.1, 0.15) is 41.2 Å². The summed E-state index contributed by atoms with van der Waals surface area (Å²) in [5.74, 6) is -0.617. The number of nitrogens with zero attached hydrogens (tertiary/aromatic N) is 2. The van der Waals surface area contributed by atoms with Crippen molar-refractivity contribution in [1.82, 2.24) is 9.47 Å². The fourth-order valence-electron chi connectivity index (χ4n) is 3.77. The first-order chi connectivity index (χ1) is 15.4. The molecule has 33 heavy (non-hydrogen) atoms. The number of carbonyl (C=O) groups excluding carboxylic acids is 1. The van der Waals surface area contributed by atoms with E-state index in [1.807, 2.05) is 0 Å². The summed E-state index contributed by atoms with van der Waals surface area (Å²) in [5.41, 5.74) is -0.723. The normalized spacial score (nSPS) is 12.2. The molecule has 0 aliphatic carbocycles. The van der Waals surface area contributed by atoms with Crippen LogP contribution in [0.2, 0.25) is 5.02 Å². The number of hydrogen-bond acceptors (Lipinski definition) is 2. The molecule has 3 rings (SSSR count). The molecule has 0 aliphatic rings. The summed E-state index contributed by atoms with van der Waals surface area (Å²) in [5, 5.41) is 10.2. The fraction of sp³-hybridized carbons (Fsp3) is 0.320. The van der Waals surface area contributed by atoms with Crippen molar-refractivity contribution < 1.29 is 23.1 Å². The Morgan fingerprint density at radius 1 is 1.06 bits per heavy atom. The van der Waals surface area contributed by atoms with E-state index in [0.717, 1.165) is 4.57 Å². The number of benzene rings is 2. The molecule has 1 aromatic heterocycles. The quantitative estimate of drug-likeness (QED) is 0.470. The smallest absolute Gasteiger partial charge is 0.394 e. The van der Waals surface area contributed by atoms with E-state index in [0.29, 0.717) is 16.1 Å². The Balaban J connectivity index is 2.37. The lowest BCUT2D eigenvalue weighted by Crippen LogP contribution is -2.48. The molecular formula is C25H26ClF3N2O2. The molecule has 0 unspecified atom stereocenters. The third kappa shape index (κ3) is 4.94. The number of rotatable bonds is 6. The number of aliphatic hydroxyl groups excluding tert-OH is 1. The first-order valence-electron chi connectivity index (χ1n) is 10.4. The molecule has 176 valence electrons. The van der Waals surface area contributed by atoms with Crippen LogP contribution >= 0.6 is 11.6 Å². The van der Waals surface area contributed by atoms with Gasteiger partial charge in [0, 0.05) is 24.2 Å². The van der Waals surface area contributed by atoms with E-state index in [9.17, 15) is 23.1 Å². The number of amides is 1. The molecular weight excluding hydrogens is 453 g/mol. The van der Waals surface area contributed by atoms with Gasteiger partial charge in [0.25, 0.3) is 5.91 Å². The molecule has 0 saturated heterocycles. The van der Waals surface area contributed by atoms with E-state index >= 15 is 0 Å². The van der Waals surface area contributed by atoms with Crippen molar-refractivity contribution in [3.63, 3.8) is 0 Å². The molecule has 3 aromatic rings. The number of hydrogen-bond donors (Lipinski definition) is 1. The molecule has 0 spiro atoms. The van der Waals surface area contributed by atoms with E-state index in [-0.39, 0.29) is 30.0 Å². The van der Waals surface area contributed by atoms with Crippen molar-refractivity contribution in [1.29, 1.82) is 0 Å². The van der Waals surface area contributed by atoms with Gasteiger partial charge in [0.05, 0.1) is 12.1 Å². The van der Waals surface area contributed by atoms with Gasteiger partial charge in [-0.05, 0) is 49.6 Å². The highest BCUT2D eigenvalue weighted by atomic mass is 35.5. The van der Waals surface area contributed by atoms with Gasteiger partial charge >= 0.3 is 6.18 Å². The molecule has 8 heteroatoms. The van der Waals surface area contributed by atoms with E-state index < -0.39 is 23.3 Å². The largest absolute Gasteiger partial charge is 0.431 e. The average Bonchev–Trinajstić information content (AvgIpc) is 3.05. The lowest BCUT2D eigenvalue weighted by atomic mass is 9.98. The van der Waals surface area contributed by atoms with Crippen LogP contribution in [0.3, 0.4) is 0 Å². The highest BCUT2D eigenvalue weighted by Gasteiger charge is 2.42. The maximum atomic E-state index is 14.3. The third-order valence-electron chi connectivity index (χ3n) is 5.89. The number of likely N-dealkylation sites (N-methyl/N-ethyl adjacent to an activating group) is 1. The summed E-state index contributed by atoms with van der Waals surface area (Å²) in [6.07, 6.45) is -4.69. The van der Waals surface area contributed by atoms with E-state index in [1.165, 1.54) is 18.9 Å². The van der Waals surface area contributed by atoms with Crippen LogP contribution in [0, 0.1) is 6.92 Å². The van der Waals surface area contributed by atoms with Crippen molar-refractivity contribution >= 4 is 17.5 Å². The zero-order valence-electron chi connectivity index (χ0n) is 18.9. The van der Waals surface area contributed by atoms with Crippen molar-refractivity contribution in [2.45, 2.75) is 39.0 Å². The maximum absolute atomic E-state index is 14.3. The van der Waals surface area contributed by atoms with Gasteiger partial charge in [-0.15, -0.1) is 0 Å². The van der Waals surface area contributed by atoms with Crippen LogP contribution in [0.5, 0.6) is 0 Å². The Hall–Kier alpha value is -2.77. The minimum Gasteiger partial charge on any atom is -0.394 e. The minimum absolute atomic E-state index is 0.0423. The molecule has 1 amide bonds. The molecule has 4 nitrogen and oxygen atoms in total. The Morgan fingerprint density at radius 3 is 2.15 bits per heavy atom. The zero-order valence-corrected chi connectivity index (χ0v) is 19.6. The predicted octanol–water partition coefficient (Wildman–Crippen LogP) is 6.03. The zero-order chi connectivity index (χ0) is 24.6. The number of aromatic nitrogens is 1. The van der Waals surface area contributed by atoms with Crippen LogP contribution in [0.15, 0.2) is 54.6 Å². The fourth-order valence-corrected chi connectivity index (χ4v) is 3.89. The maximum Gasteiger partial charge on any atom is 0.431 e. The number of halogens is 4. The highest BCUT2D eigenvalue weighted by molar-refractivity contribution is 6.30. The van der Waals surface area contributed by atoms with Gasteiger partial charge in [0.1, 0.15) is 11.4 Å². The van der Waals surface area contributed by atoms with Gasteiger partial charge in [-0.1, -0.05) is 54.1 Å². The van der Waals surface area contributed by atoms with Crippen molar-refractivity contribution in [2.24, 2.45) is 0 Å². The molecule has 1 heterocycles. The second kappa shape index (κ2) is 9.23. The summed E-state index contributed by atoms with van der Waals surface area (Å²) in [7, 11) is 1.48. The first kappa shape index (κ1) is 24.9. The molecule has 0 fully saturated rings. The van der Waals surface area contributed by atoms with Crippen molar-refractivity contribution in [2.75, 3.05) is 13.7 Å². The molecule has 0 bridgehead atoms. The van der Waals surface area contributed by atoms with Gasteiger partial charge in [0.15, 0.2) is 0 Å². The van der Waals surface area contributed by atoms with Gasteiger partial charge < -0.3 is 14.6 Å². The minimum atomic E-state index is -4.69. The molecule has 0 saturated carbocycles. The Labute approximate surface area is 196 Å². The molecule has 0 aliphatic heterocycles. The number of carbonyl (C=O) groups is 1. The molecule has 1 N–H and O–H groups in total. The number of aliphatic hydroxyl groups is 1. The van der Waals surface area contributed by atoms with E-state index in [2.05, 4.69) is 0 Å². The van der Waals surface area contributed by atoms with Crippen molar-refractivity contribution in [3.05, 3.63) is 82.1 Å². The second-order valence-electron chi connectivity index (χ2n) is 8.61. The Morgan fingerprint density at radius 2 is 1.64 bits per heavy atom. The van der Waals surface area contributed by atoms with Crippen LogP contribution in [0.4, 0.5) is 13.2 Å². The van der Waals surface area contributed by atoms with Crippen LogP contribution in [-0.4, -0.2) is 39.7 Å². The van der Waals surface area contributed by atoms with Crippen LogP contribution in [-0.2, 0) is 12.7 Å². The standard InChI is InChI=1S/C25H26ClF3N2O2/c1-16-20(18-10-12-19(26)13-11-18)21(23(33)30(4)24(2,3)15-32)31(22(16)25(27,28)29)14-17-8-6-5-7-9-17/h5-13,32H,14-15H2,1-4H3. The topological polar surface area (TPSA) is 45.5 Å². The van der Waals surface area contributed by atoms with Gasteiger partial charge in [-0.3, -0.25) is 4.79 Å². The molecule has 0 atom stereocenters. The third-order valence-corrected chi connectivity index (χ3v) is 6.15. The van der Waals surface area contributed by atoms with E-state index in [4.69, 9.17) is 11.6 Å². The first-order valence-corrected chi connectivity index (χ1v) is 10.8. The van der Waals surface area contributed by atoms with Crippen LogP contribution in [0.25, 0.3) is 11.1 Å². The van der Waals surface area contributed by atoms with Gasteiger partial charge in [-0.25, -0.2) is 0 Å². The summed E-state index contributed by atoms with van der Waals surface area (Å²) in [4.78, 5) is 15.0. The summed E-state index contributed by atoms with van der Waals surface area (Å²) < 4.78 is 44.1. The monoisotopic (exact) mass is 478 g/mol. The molecule has 0 radical (unpaired) electrons. The highest BCUT2D eigenvalue weighted by Crippen LogP contribution is 2.42. The lowest BCUT2D eigenvalue weighted by molar-refractivity contribution is -0.143. The lowest BCUT2D eigenvalue weighted by Gasteiger charge is -2.34. The predicted molar refractivity (Wildman–Crippen MR) is 123 cm³/mol. The molecule has 2 aromatic carbocycles. The summed E-state index contributed by atoms with van der Waals surface area (Å²) >= 11 is 6.00. The van der Waals surface area contributed by atoms with Crippen molar-refractivity contribution in [3.8, 4) is 11.1 Å².